The predicted molar refractivity (Wildman–Crippen MR) is 49.4 cm³/mol. The van der Waals surface area contributed by atoms with Crippen LogP contribution in [0.15, 0.2) is 24.0 Å². The number of carbonyl (C=O) groups is 1. The number of rotatable bonds is 0. The van der Waals surface area contributed by atoms with Crippen LogP contribution in [0.25, 0.3) is 0 Å². The molecule has 0 saturated carbocycles. The third-order valence-electron chi connectivity index (χ3n) is 1.81. The van der Waals surface area contributed by atoms with Gasteiger partial charge in [-0.15, -0.1) is 0 Å². The molecule has 1 N–H and O–H groups in total. The summed E-state index contributed by atoms with van der Waals surface area (Å²) in [6.07, 6.45) is 2.11. The first-order valence-corrected chi connectivity index (χ1v) is 4.09. The summed E-state index contributed by atoms with van der Waals surface area (Å²) in [5.41, 5.74) is 1.76. The highest BCUT2D eigenvalue weighted by Crippen LogP contribution is 2.26. The van der Waals surface area contributed by atoms with E-state index in [4.69, 9.17) is 0 Å². The molecule has 0 radical (unpaired) electrons. The van der Waals surface area contributed by atoms with Crippen LogP contribution in [0.5, 0.6) is 0 Å². The molecule has 1 heterocycles. The van der Waals surface area contributed by atoms with Gasteiger partial charge in [-0.2, -0.15) is 0 Å². The highest BCUT2D eigenvalue weighted by molar-refractivity contribution is 5.93. The van der Waals surface area contributed by atoms with Crippen LogP contribution in [0.4, 0.5) is 0 Å². The van der Waals surface area contributed by atoms with Crippen molar-refractivity contribution in [2.75, 3.05) is 0 Å². The first-order valence-electron chi connectivity index (χ1n) is 4.09. The van der Waals surface area contributed by atoms with Gasteiger partial charge in [-0.1, -0.05) is 27.4 Å². The summed E-state index contributed by atoms with van der Waals surface area (Å²) in [5, 5.41) is 3.13. The fourth-order valence-corrected chi connectivity index (χ4v) is 1.10. The summed E-state index contributed by atoms with van der Waals surface area (Å²) >= 11 is 0. The van der Waals surface area contributed by atoms with Crippen LogP contribution in [-0.2, 0) is 4.79 Å². The van der Waals surface area contributed by atoms with Crippen molar-refractivity contribution >= 4 is 5.78 Å². The third kappa shape index (κ3) is 1.97. The van der Waals surface area contributed by atoms with Crippen molar-refractivity contribution in [2.45, 2.75) is 27.2 Å². The van der Waals surface area contributed by atoms with E-state index in [0.29, 0.717) is 6.42 Å². The first-order chi connectivity index (χ1) is 5.39. The molecule has 0 amide bonds. The molecule has 0 aromatic heterocycles. The van der Waals surface area contributed by atoms with E-state index >= 15 is 0 Å². The zero-order chi connectivity index (χ0) is 9.35. The van der Waals surface area contributed by atoms with Gasteiger partial charge < -0.3 is 5.32 Å². The van der Waals surface area contributed by atoms with Crippen LogP contribution >= 0.6 is 0 Å². The molecule has 1 aliphatic rings. The van der Waals surface area contributed by atoms with E-state index in [9.17, 15) is 4.79 Å². The Balaban J connectivity index is 2.92. The molecule has 2 heteroatoms. The van der Waals surface area contributed by atoms with E-state index in [2.05, 4.69) is 32.7 Å². The predicted octanol–water partition coefficient (Wildman–Crippen LogP) is 1.99. The molecule has 0 unspecified atom stereocenters. The van der Waals surface area contributed by atoms with Gasteiger partial charge in [0, 0.05) is 29.3 Å². The topological polar surface area (TPSA) is 29.1 Å². The summed E-state index contributed by atoms with van der Waals surface area (Å²) in [4.78, 5) is 11.2. The Bertz CT molecular complexity index is 256. The van der Waals surface area contributed by atoms with Crippen molar-refractivity contribution in [3.05, 3.63) is 24.0 Å². The van der Waals surface area contributed by atoms with Crippen LogP contribution < -0.4 is 5.32 Å². The molecular weight excluding hydrogens is 150 g/mol. The molecular formula is C10H15NO. The second-order valence-corrected chi connectivity index (χ2v) is 4.18. The number of hydrogen-bond acceptors (Lipinski definition) is 2. The number of nitrogens with one attached hydrogen (secondary N) is 1. The van der Waals surface area contributed by atoms with E-state index in [1.165, 1.54) is 0 Å². The van der Waals surface area contributed by atoms with Crippen molar-refractivity contribution in [2.24, 2.45) is 5.41 Å². The lowest BCUT2D eigenvalue weighted by atomic mass is 9.89. The van der Waals surface area contributed by atoms with Gasteiger partial charge >= 0.3 is 0 Å². The van der Waals surface area contributed by atoms with Crippen LogP contribution in [-0.4, -0.2) is 5.78 Å². The SMILES string of the molecule is C=C1CC(=O)C=C(C(C)(C)C)N1. The standard InChI is InChI=1S/C10H15NO/c1-7-5-8(12)6-9(11-7)10(2,3)4/h6,11H,1,5H2,2-4H3. The lowest BCUT2D eigenvalue weighted by molar-refractivity contribution is -0.114. The molecule has 0 saturated heterocycles. The molecule has 1 rings (SSSR count). The van der Waals surface area contributed by atoms with Gasteiger partial charge in [0.25, 0.3) is 0 Å². The molecule has 0 aliphatic carbocycles. The fraction of sp³-hybridized carbons (Fsp3) is 0.500. The van der Waals surface area contributed by atoms with E-state index in [0.717, 1.165) is 11.4 Å². The summed E-state index contributed by atoms with van der Waals surface area (Å²) in [5.74, 6) is 0.142. The number of carbonyl (C=O) groups excluding carboxylic acids is 1. The number of ketones is 1. The Hall–Kier alpha value is -1.05. The Labute approximate surface area is 73.4 Å². The molecule has 0 atom stereocenters. The number of allylic oxidation sites excluding steroid dienone is 3. The van der Waals surface area contributed by atoms with Gasteiger partial charge in [0.15, 0.2) is 5.78 Å². The summed E-state index contributed by atoms with van der Waals surface area (Å²) in [7, 11) is 0. The van der Waals surface area contributed by atoms with Crippen molar-refractivity contribution in [3.8, 4) is 0 Å². The fourth-order valence-electron chi connectivity index (χ4n) is 1.10. The minimum atomic E-state index is -0.000972. The Morgan fingerprint density at radius 1 is 1.50 bits per heavy atom. The largest absolute Gasteiger partial charge is 0.362 e. The molecule has 1 aliphatic heterocycles. The first kappa shape index (κ1) is 9.04. The van der Waals surface area contributed by atoms with Crippen molar-refractivity contribution < 1.29 is 4.79 Å². The van der Waals surface area contributed by atoms with Crippen LogP contribution in [0.2, 0.25) is 0 Å². The van der Waals surface area contributed by atoms with Crippen LogP contribution in [0.1, 0.15) is 27.2 Å². The zero-order valence-corrected chi connectivity index (χ0v) is 7.90. The Kier molecular flexibility index (Phi) is 2.09. The molecule has 2 nitrogen and oxygen atoms in total. The maximum atomic E-state index is 11.2. The Morgan fingerprint density at radius 3 is 2.50 bits per heavy atom. The van der Waals surface area contributed by atoms with Crippen molar-refractivity contribution in [1.29, 1.82) is 0 Å². The molecule has 0 aromatic rings. The number of hydrogen-bond donors (Lipinski definition) is 1. The van der Waals surface area contributed by atoms with Gasteiger partial charge in [-0.25, -0.2) is 0 Å². The molecule has 0 spiro atoms. The minimum Gasteiger partial charge on any atom is -0.362 e. The van der Waals surface area contributed by atoms with Crippen molar-refractivity contribution in [3.63, 3.8) is 0 Å². The maximum absolute atomic E-state index is 11.2. The van der Waals surface area contributed by atoms with Gasteiger partial charge in [-0.05, 0) is 0 Å². The molecule has 0 aromatic carbocycles. The normalized spacial score (nSPS) is 18.8. The molecule has 12 heavy (non-hydrogen) atoms. The van der Waals surface area contributed by atoms with Crippen LogP contribution in [0.3, 0.4) is 0 Å². The second kappa shape index (κ2) is 2.77. The van der Waals surface area contributed by atoms with Crippen molar-refractivity contribution in [1.82, 2.24) is 5.32 Å². The average Bonchev–Trinajstić information content (AvgIpc) is 1.82. The minimum absolute atomic E-state index is 0.000972. The monoisotopic (exact) mass is 165 g/mol. The van der Waals surface area contributed by atoms with Crippen LogP contribution in [0, 0.1) is 5.41 Å². The Morgan fingerprint density at radius 2 is 2.08 bits per heavy atom. The summed E-state index contributed by atoms with van der Waals surface area (Å²) in [6, 6.07) is 0. The highest BCUT2D eigenvalue weighted by atomic mass is 16.1. The molecule has 0 fully saturated rings. The molecule has 0 bridgehead atoms. The van der Waals surface area contributed by atoms with Gasteiger partial charge in [0.1, 0.15) is 0 Å². The smallest absolute Gasteiger partial charge is 0.163 e. The lowest BCUT2D eigenvalue weighted by Crippen LogP contribution is -2.29. The molecule has 66 valence electrons. The van der Waals surface area contributed by atoms with Gasteiger partial charge in [0.05, 0.1) is 0 Å². The van der Waals surface area contributed by atoms with Gasteiger partial charge in [0.2, 0.25) is 0 Å². The summed E-state index contributed by atoms with van der Waals surface area (Å²) in [6.45, 7) is 9.96. The van der Waals surface area contributed by atoms with Gasteiger partial charge in [-0.3, -0.25) is 4.79 Å². The summed E-state index contributed by atoms with van der Waals surface area (Å²) < 4.78 is 0. The second-order valence-electron chi connectivity index (χ2n) is 4.18. The zero-order valence-electron chi connectivity index (χ0n) is 7.90. The van der Waals surface area contributed by atoms with E-state index < -0.39 is 0 Å². The van der Waals surface area contributed by atoms with E-state index in [1.807, 2.05) is 0 Å². The quantitative estimate of drug-likeness (QED) is 0.594. The average molecular weight is 165 g/mol. The maximum Gasteiger partial charge on any atom is 0.163 e. The highest BCUT2D eigenvalue weighted by Gasteiger charge is 2.22. The lowest BCUT2D eigenvalue weighted by Gasteiger charge is -2.27. The van der Waals surface area contributed by atoms with E-state index in [-0.39, 0.29) is 11.2 Å². The third-order valence-corrected chi connectivity index (χ3v) is 1.81. The van der Waals surface area contributed by atoms with E-state index in [1.54, 1.807) is 6.08 Å².